The van der Waals surface area contributed by atoms with Crippen molar-refractivity contribution in [1.82, 2.24) is 4.98 Å². The number of aromatic nitrogens is 1. The van der Waals surface area contributed by atoms with Gasteiger partial charge in [-0.25, -0.2) is 0 Å². The van der Waals surface area contributed by atoms with E-state index in [0.29, 0.717) is 5.75 Å². The Bertz CT molecular complexity index is 533. The van der Waals surface area contributed by atoms with Crippen molar-refractivity contribution in [1.29, 1.82) is 0 Å². The summed E-state index contributed by atoms with van der Waals surface area (Å²) < 4.78 is 5.09. The summed E-state index contributed by atoms with van der Waals surface area (Å²) in [6.07, 6.45) is 5.14. The summed E-state index contributed by atoms with van der Waals surface area (Å²) in [5.74, 6) is 1.41. The molecule has 0 aliphatic rings. The van der Waals surface area contributed by atoms with Gasteiger partial charge in [0.2, 0.25) is 0 Å². The minimum atomic E-state index is -0.287. The van der Waals surface area contributed by atoms with Crippen LogP contribution in [0.2, 0.25) is 0 Å². The van der Waals surface area contributed by atoms with E-state index >= 15 is 0 Å². The molecular formula is C13H15NO2S. The Balaban J connectivity index is 2.32. The van der Waals surface area contributed by atoms with Crippen LogP contribution < -0.4 is 4.74 Å². The molecule has 1 heterocycles. The number of benzene rings is 1. The third-order valence-corrected chi connectivity index (χ3v) is 3.19. The summed E-state index contributed by atoms with van der Waals surface area (Å²) in [5, 5.41) is 1.14. The maximum atomic E-state index is 10.9. The van der Waals surface area contributed by atoms with Gasteiger partial charge in [-0.3, -0.25) is 4.79 Å². The molecule has 0 saturated carbocycles. The van der Waals surface area contributed by atoms with Gasteiger partial charge in [0.1, 0.15) is 5.75 Å². The number of carbonyl (C=O) groups is 1. The maximum Gasteiger partial charge on any atom is 0.308 e. The van der Waals surface area contributed by atoms with Crippen molar-refractivity contribution in [3.8, 4) is 5.75 Å². The number of hydrogen-bond acceptors (Lipinski definition) is 3. The van der Waals surface area contributed by atoms with Crippen LogP contribution in [0.25, 0.3) is 10.9 Å². The van der Waals surface area contributed by atoms with Crippen molar-refractivity contribution in [3.05, 3.63) is 30.0 Å². The van der Waals surface area contributed by atoms with E-state index in [2.05, 4.69) is 11.2 Å². The summed E-state index contributed by atoms with van der Waals surface area (Å²) in [6, 6.07) is 5.66. The molecule has 0 bridgehead atoms. The molecule has 0 fully saturated rings. The number of rotatable bonds is 4. The Kier molecular flexibility index (Phi) is 3.74. The minimum Gasteiger partial charge on any atom is -0.427 e. The van der Waals surface area contributed by atoms with Gasteiger partial charge in [0.15, 0.2) is 0 Å². The van der Waals surface area contributed by atoms with Gasteiger partial charge in [-0.05, 0) is 42.2 Å². The third-order valence-electron chi connectivity index (χ3n) is 2.58. The minimum absolute atomic E-state index is 0.287. The smallest absolute Gasteiger partial charge is 0.308 e. The van der Waals surface area contributed by atoms with Crippen LogP contribution in [0.5, 0.6) is 5.75 Å². The van der Waals surface area contributed by atoms with Crippen LogP contribution in [0.3, 0.4) is 0 Å². The standard InChI is InChI=1S/C13H15NO2S/c1-9(15)16-11-3-4-13-12(7-11)10(8-14-13)5-6-17-2/h3-4,7-8,14H,5-6H2,1-2H3. The molecule has 4 heteroatoms. The van der Waals surface area contributed by atoms with E-state index < -0.39 is 0 Å². The SMILES string of the molecule is CSCCc1c[nH]c2ccc(OC(C)=O)cc12. The summed E-state index contributed by atoms with van der Waals surface area (Å²) in [7, 11) is 0. The number of aryl methyl sites for hydroxylation is 1. The van der Waals surface area contributed by atoms with Crippen molar-refractivity contribution in [2.75, 3.05) is 12.0 Å². The van der Waals surface area contributed by atoms with E-state index in [1.165, 1.54) is 12.5 Å². The highest BCUT2D eigenvalue weighted by atomic mass is 32.2. The molecule has 90 valence electrons. The lowest BCUT2D eigenvalue weighted by molar-refractivity contribution is -0.131. The highest BCUT2D eigenvalue weighted by Crippen LogP contribution is 2.24. The van der Waals surface area contributed by atoms with Gasteiger partial charge < -0.3 is 9.72 Å². The zero-order valence-electron chi connectivity index (χ0n) is 9.95. The topological polar surface area (TPSA) is 42.1 Å². The molecule has 2 aromatic rings. The molecule has 1 N–H and O–H groups in total. The molecule has 0 aliphatic carbocycles. The van der Waals surface area contributed by atoms with E-state index in [0.717, 1.165) is 23.1 Å². The Hall–Kier alpha value is -1.42. The first-order valence-corrected chi connectivity index (χ1v) is 6.87. The predicted octanol–water partition coefficient (Wildman–Crippen LogP) is 3.00. The Morgan fingerprint density at radius 3 is 3.00 bits per heavy atom. The molecule has 0 unspecified atom stereocenters. The van der Waals surface area contributed by atoms with Gasteiger partial charge in [-0.1, -0.05) is 0 Å². The number of ether oxygens (including phenoxy) is 1. The summed E-state index contributed by atoms with van der Waals surface area (Å²) in [4.78, 5) is 14.1. The van der Waals surface area contributed by atoms with Crippen LogP contribution in [-0.2, 0) is 11.2 Å². The largest absolute Gasteiger partial charge is 0.427 e. The molecule has 17 heavy (non-hydrogen) atoms. The molecule has 0 atom stereocenters. The van der Waals surface area contributed by atoms with E-state index in [4.69, 9.17) is 4.74 Å². The monoisotopic (exact) mass is 249 g/mol. The van der Waals surface area contributed by atoms with Crippen LogP contribution in [0.1, 0.15) is 12.5 Å². The van der Waals surface area contributed by atoms with Crippen LogP contribution in [0, 0.1) is 0 Å². The predicted molar refractivity (Wildman–Crippen MR) is 71.7 cm³/mol. The molecule has 3 nitrogen and oxygen atoms in total. The number of fused-ring (bicyclic) bond motifs is 1. The lowest BCUT2D eigenvalue weighted by Gasteiger charge is -2.02. The van der Waals surface area contributed by atoms with Gasteiger partial charge >= 0.3 is 5.97 Å². The van der Waals surface area contributed by atoms with E-state index in [-0.39, 0.29) is 5.97 Å². The lowest BCUT2D eigenvalue weighted by Crippen LogP contribution is -2.00. The quantitative estimate of drug-likeness (QED) is 0.669. The second kappa shape index (κ2) is 5.27. The fourth-order valence-corrected chi connectivity index (χ4v) is 2.23. The normalized spacial score (nSPS) is 10.7. The fourth-order valence-electron chi connectivity index (χ4n) is 1.81. The average molecular weight is 249 g/mol. The van der Waals surface area contributed by atoms with Crippen molar-refractivity contribution < 1.29 is 9.53 Å². The van der Waals surface area contributed by atoms with Crippen molar-refractivity contribution in [3.63, 3.8) is 0 Å². The van der Waals surface area contributed by atoms with Crippen molar-refractivity contribution in [2.24, 2.45) is 0 Å². The molecule has 0 amide bonds. The van der Waals surface area contributed by atoms with Crippen LogP contribution in [0.15, 0.2) is 24.4 Å². The van der Waals surface area contributed by atoms with Gasteiger partial charge in [0, 0.05) is 24.0 Å². The maximum absolute atomic E-state index is 10.9. The molecule has 1 aromatic heterocycles. The highest BCUT2D eigenvalue weighted by Gasteiger charge is 2.06. The molecule has 0 aliphatic heterocycles. The number of carbonyl (C=O) groups excluding carboxylic acids is 1. The fraction of sp³-hybridized carbons (Fsp3) is 0.308. The number of hydrogen-bond donors (Lipinski definition) is 1. The second-order valence-corrected chi connectivity index (χ2v) is 4.84. The van der Waals surface area contributed by atoms with Gasteiger partial charge in [-0.15, -0.1) is 0 Å². The van der Waals surface area contributed by atoms with Gasteiger partial charge in [-0.2, -0.15) is 11.8 Å². The van der Waals surface area contributed by atoms with Crippen LogP contribution in [0.4, 0.5) is 0 Å². The van der Waals surface area contributed by atoms with E-state index in [9.17, 15) is 4.79 Å². The third kappa shape index (κ3) is 2.82. The zero-order valence-corrected chi connectivity index (χ0v) is 10.8. The number of nitrogens with one attached hydrogen (secondary N) is 1. The Labute approximate surface area is 105 Å². The Morgan fingerprint density at radius 2 is 2.29 bits per heavy atom. The first kappa shape index (κ1) is 12.0. The van der Waals surface area contributed by atoms with E-state index in [1.54, 1.807) is 6.07 Å². The molecule has 0 saturated heterocycles. The van der Waals surface area contributed by atoms with Crippen LogP contribution in [-0.4, -0.2) is 23.0 Å². The number of thioether (sulfide) groups is 1. The number of aromatic amines is 1. The number of esters is 1. The molecular weight excluding hydrogens is 234 g/mol. The second-order valence-electron chi connectivity index (χ2n) is 3.86. The van der Waals surface area contributed by atoms with Crippen molar-refractivity contribution >= 4 is 28.6 Å². The first-order valence-electron chi connectivity index (χ1n) is 5.48. The molecule has 1 aromatic carbocycles. The van der Waals surface area contributed by atoms with Gasteiger partial charge in [0.25, 0.3) is 0 Å². The molecule has 0 spiro atoms. The Morgan fingerprint density at radius 1 is 1.47 bits per heavy atom. The zero-order chi connectivity index (χ0) is 12.3. The molecule has 2 rings (SSSR count). The first-order chi connectivity index (χ1) is 8.20. The summed E-state index contributed by atoms with van der Waals surface area (Å²) in [6.45, 7) is 1.41. The van der Waals surface area contributed by atoms with E-state index in [1.807, 2.05) is 30.1 Å². The summed E-state index contributed by atoms with van der Waals surface area (Å²) >= 11 is 1.82. The van der Waals surface area contributed by atoms with Crippen LogP contribution >= 0.6 is 11.8 Å². The molecule has 0 radical (unpaired) electrons. The lowest BCUT2D eigenvalue weighted by atomic mass is 10.1. The summed E-state index contributed by atoms with van der Waals surface area (Å²) in [5.41, 5.74) is 2.35. The van der Waals surface area contributed by atoms with Crippen molar-refractivity contribution in [2.45, 2.75) is 13.3 Å². The average Bonchev–Trinajstić information content (AvgIpc) is 2.68. The highest BCUT2D eigenvalue weighted by molar-refractivity contribution is 7.98. The van der Waals surface area contributed by atoms with Gasteiger partial charge in [0.05, 0.1) is 0 Å². The number of H-pyrrole nitrogens is 1.